The third-order valence-corrected chi connectivity index (χ3v) is 11.6. The lowest BCUT2D eigenvalue weighted by Gasteiger charge is -2.28. The van der Waals surface area contributed by atoms with Crippen LogP contribution in [0.4, 0.5) is 0 Å². The maximum absolute atomic E-state index is 13.4. The number of hydrogen-bond donors (Lipinski definition) is 3. The molecule has 306 valence electrons. The number of carbonyl (C=O) groups excluding carboxylic acids is 1. The van der Waals surface area contributed by atoms with Crippen LogP contribution in [-0.4, -0.2) is 42.9 Å². The fourth-order valence-electron chi connectivity index (χ4n) is 7.65. The number of nitriles is 1. The summed E-state index contributed by atoms with van der Waals surface area (Å²) in [6, 6.07) is 21.7. The van der Waals surface area contributed by atoms with Crippen LogP contribution in [0.1, 0.15) is 100 Å². The number of allylic oxidation sites excluding steroid dienone is 3. The monoisotopic (exact) mass is 793 g/mol. The molecule has 1 aliphatic heterocycles. The number of fused-ring (bicyclic) bond motifs is 1. The van der Waals surface area contributed by atoms with Gasteiger partial charge in [0.15, 0.2) is 0 Å². The number of pyridine rings is 1. The van der Waals surface area contributed by atoms with Crippen LogP contribution in [0.15, 0.2) is 117 Å². The summed E-state index contributed by atoms with van der Waals surface area (Å²) < 4.78 is 13.8. The van der Waals surface area contributed by atoms with Crippen molar-refractivity contribution < 1.29 is 14.3 Å². The van der Waals surface area contributed by atoms with Gasteiger partial charge in [-0.25, -0.2) is 9.98 Å². The predicted molar refractivity (Wildman–Crippen MR) is 236 cm³/mol. The molecule has 2 fully saturated rings. The number of aliphatic imine (C=N–C) groups is 2. The number of ether oxygens (including phenoxy) is 2. The maximum atomic E-state index is 13.4. The molecule has 1 saturated heterocycles. The van der Waals surface area contributed by atoms with Crippen LogP contribution in [-0.2, 0) is 23.1 Å². The smallest absolute Gasteiger partial charge is 0.259 e. The molecule has 0 spiro atoms. The normalized spacial score (nSPS) is 15.9. The molecule has 59 heavy (non-hydrogen) atoms. The van der Waals surface area contributed by atoms with Crippen molar-refractivity contribution in [2.75, 3.05) is 19.8 Å². The van der Waals surface area contributed by atoms with Crippen molar-refractivity contribution in [3.63, 3.8) is 0 Å². The molecule has 1 aromatic heterocycles. The topological polar surface area (TPSA) is 156 Å². The number of benzene rings is 3. The zero-order valence-electron chi connectivity index (χ0n) is 34.7. The van der Waals surface area contributed by atoms with E-state index in [2.05, 4.69) is 85.0 Å². The van der Waals surface area contributed by atoms with Gasteiger partial charge in [-0.2, -0.15) is 5.26 Å². The first kappa shape index (κ1) is 42.2. The third-order valence-electron chi connectivity index (χ3n) is 11.6. The molecule has 1 atom stereocenters. The number of amides is 1. The Morgan fingerprint density at radius 2 is 1.80 bits per heavy atom. The highest BCUT2D eigenvalue weighted by Gasteiger charge is 2.28. The molecule has 6 rings (SSSR count). The van der Waals surface area contributed by atoms with Gasteiger partial charge in [-0.15, -0.1) is 0 Å². The van der Waals surface area contributed by atoms with Gasteiger partial charge in [0.1, 0.15) is 30.8 Å². The Balaban J connectivity index is 1.07. The van der Waals surface area contributed by atoms with Crippen LogP contribution in [0.25, 0.3) is 10.8 Å². The van der Waals surface area contributed by atoms with E-state index in [4.69, 9.17) is 15.2 Å². The third kappa shape index (κ3) is 9.83. The van der Waals surface area contributed by atoms with Gasteiger partial charge < -0.3 is 30.4 Å². The van der Waals surface area contributed by atoms with E-state index in [1.54, 1.807) is 12.3 Å². The van der Waals surface area contributed by atoms with Crippen LogP contribution in [0.2, 0.25) is 0 Å². The summed E-state index contributed by atoms with van der Waals surface area (Å²) in [4.78, 5) is 33.8. The first-order valence-corrected chi connectivity index (χ1v) is 20.4. The molecule has 11 heteroatoms. The molecule has 1 unspecified atom stereocenters. The molecule has 11 nitrogen and oxygen atoms in total. The fourth-order valence-corrected chi connectivity index (χ4v) is 7.65. The number of aromatic nitrogens is 1. The van der Waals surface area contributed by atoms with Gasteiger partial charge in [0.2, 0.25) is 11.9 Å². The Labute approximate surface area is 347 Å². The highest BCUT2D eigenvalue weighted by Crippen LogP contribution is 2.36. The summed E-state index contributed by atoms with van der Waals surface area (Å²) in [6.45, 7) is 17.0. The maximum Gasteiger partial charge on any atom is 0.259 e. The molecule has 4 N–H and O–H groups in total. The molecule has 1 amide bonds. The minimum atomic E-state index is -0.550. The summed E-state index contributed by atoms with van der Waals surface area (Å²) in [5.41, 5.74) is 14.2. The zero-order valence-corrected chi connectivity index (χ0v) is 34.7. The number of rotatable bonds is 16. The lowest BCUT2D eigenvalue weighted by atomic mass is 9.76. The van der Waals surface area contributed by atoms with Gasteiger partial charge >= 0.3 is 0 Å². The Morgan fingerprint density at radius 3 is 2.46 bits per heavy atom. The van der Waals surface area contributed by atoms with Crippen molar-refractivity contribution in [1.29, 1.82) is 5.26 Å². The second kappa shape index (κ2) is 18.9. The van der Waals surface area contributed by atoms with Crippen LogP contribution >= 0.6 is 0 Å². The number of piperidine rings is 1. The van der Waals surface area contributed by atoms with E-state index < -0.39 is 6.04 Å². The molecule has 1 aliphatic carbocycles. The number of aryl methyl sites for hydroxylation is 1. The van der Waals surface area contributed by atoms with Crippen molar-refractivity contribution in [2.45, 2.75) is 90.5 Å². The van der Waals surface area contributed by atoms with E-state index in [0.29, 0.717) is 47.7 Å². The highest BCUT2D eigenvalue weighted by molar-refractivity contribution is 5.86. The van der Waals surface area contributed by atoms with Crippen LogP contribution in [0.3, 0.4) is 0 Å². The summed E-state index contributed by atoms with van der Waals surface area (Å²) >= 11 is 0. The molecule has 0 bridgehead atoms. The van der Waals surface area contributed by atoms with E-state index in [-0.39, 0.29) is 29.4 Å². The number of nitrogens with two attached hydrogens (primary N) is 1. The molecule has 3 aromatic carbocycles. The molecule has 0 radical (unpaired) electrons. The van der Waals surface area contributed by atoms with Crippen molar-refractivity contribution in [3.05, 3.63) is 140 Å². The van der Waals surface area contributed by atoms with E-state index in [1.807, 2.05) is 43.3 Å². The van der Waals surface area contributed by atoms with Gasteiger partial charge in [-0.1, -0.05) is 51.6 Å². The largest absolute Gasteiger partial charge is 0.487 e. The number of guanidine groups is 1. The molecule has 1 saturated carbocycles. The van der Waals surface area contributed by atoms with Gasteiger partial charge in [0, 0.05) is 34.9 Å². The number of carbonyl (C=O) groups is 1. The lowest BCUT2D eigenvalue weighted by Crippen LogP contribution is -2.40. The fraction of sp³-hybridized carbons (Fsp3) is 0.354. The first-order valence-electron chi connectivity index (χ1n) is 20.4. The van der Waals surface area contributed by atoms with Crippen molar-refractivity contribution in [2.24, 2.45) is 15.7 Å². The minimum absolute atomic E-state index is 0.0961. The lowest BCUT2D eigenvalue weighted by molar-refractivity contribution is -0.124. The predicted octanol–water partition coefficient (Wildman–Crippen LogP) is 8.06. The molecule has 4 aromatic rings. The van der Waals surface area contributed by atoms with Crippen molar-refractivity contribution >= 4 is 29.4 Å². The Kier molecular flexibility index (Phi) is 13.5. The van der Waals surface area contributed by atoms with E-state index in [0.717, 1.165) is 72.0 Å². The van der Waals surface area contributed by atoms with E-state index in [1.165, 1.54) is 22.1 Å². The standard InChI is InChI=1S/C48H55N7O4/c1-7-32-25-37(48(4,5)36-15-17-39(18-16-36)58-29-38(8-2)54-47(50)51-6)26-35(28-49)41(32)13-10-23-52-43(33-11-9-12-33)30-59-40-19-20-42-34(27-40)22-24-55(46(42)57)44-21-14-31(3)53-45(44)56/h8,15-20,22,24-27,44,52H,3,6-7,9-14,21,23,29-30H2,1-2,4-5H3,(H2,50,54)(H,53,56)/b38-8-. The highest BCUT2D eigenvalue weighted by atomic mass is 16.5. The van der Waals surface area contributed by atoms with Crippen molar-refractivity contribution in [1.82, 2.24) is 15.2 Å². The van der Waals surface area contributed by atoms with E-state index >= 15 is 0 Å². The van der Waals surface area contributed by atoms with Gasteiger partial charge in [0.05, 0.1) is 17.3 Å². The molecular formula is C48H55N7O4. The Hall–Kier alpha value is -6.41. The molecule has 2 heterocycles. The summed E-state index contributed by atoms with van der Waals surface area (Å²) in [7, 11) is 0. The zero-order chi connectivity index (χ0) is 42.1. The van der Waals surface area contributed by atoms with E-state index in [9.17, 15) is 14.9 Å². The number of hydrogen-bond acceptors (Lipinski definition) is 7. The van der Waals surface area contributed by atoms with Gasteiger partial charge in [-0.05, 0) is 141 Å². The van der Waals surface area contributed by atoms with Crippen LogP contribution in [0.5, 0.6) is 11.5 Å². The van der Waals surface area contributed by atoms with Gasteiger partial charge in [-0.3, -0.25) is 9.59 Å². The first-order chi connectivity index (χ1) is 28.4. The Morgan fingerprint density at radius 1 is 1.05 bits per heavy atom. The average Bonchev–Trinajstić information content (AvgIpc) is 3.22. The van der Waals surface area contributed by atoms with Crippen LogP contribution < -0.4 is 31.4 Å². The van der Waals surface area contributed by atoms with Gasteiger partial charge in [0.25, 0.3) is 5.56 Å². The second-order valence-electron chi connectivity index (χ2n) is 15.7. The average molecular weight is 794 g/mol. The summed E-state index contributed by atoms with van der Waals surface area (Å²) in [5, 5.41) is 18.1. The minimum Gasteiger partial charge on any atom is -0.487 e. The number of nitrogens with one attached hydrogen (secondary N) is 2. The number of nitrogens with zero attached hydrogens (tertiary/aromatic N) is 4. The molecular weight excluding hydrogens is 739 g/mol. The summed E-state index contributed by atoms with van der Waals surface area (Å²) in [5.74, 6) is 1.28. The van der Waals surface area contributed by atoms with Crippen molar-refractivity contribution in [3.8, 4) is 17.6 Å². The Bertz CT molecular complexity index is 2430. The second-order valence-corrected chi connectivity index (χ2v) is 15.7. The van der Waals surface area contributed by atoms with Crippen LogP contribution in [0, 0.1) is 11.3 Å². The molecule has 2 aliphatic rings. The summed E-state index contributed by atoms with van der Waals surface area (Å²) in [6.07, 6.45) is 10.4. The quantitative estimate of drug-likeness (QED) is 0.0589. The SMILES string of the molecule is C=NC(N)=N/C(=C\C)COc1ccc(C(C)(C)c2cc(C#N)c(CCCNC(COc3ccc4c(=O)n(C5CCC(=C)NC5=O)ccc4c3)=C3CCC3)c(CC)c2)cc1.